The van der Waals surface area contributed by atoms with E-state index in [0.717, 1.165) is 12.2 Å². The normalized spacial score (nSPS) is 11.7. The van der Waals surface area contributed by atoms with Crippen LogP contribution < -0.4 is 10.6 Å². The van der Waals surface area contributed by atoms with Crippen molar-refractivity contribution in [1.29, 1.82) is 0 Å². The lowest BCUT2D eigenvalue weighted by Crippen LogP contribution is -2.31. The fourth-order valence-electron chi connectivity index (χ4n) is 1.85. The molecule has 0 unspecified atom stereocenters. The minimum atomic E-state index is 0.404. The number of halogens is 1. The number of benzene rings is 2. The van der Waals surface area contributed by atoms with Gasteiger partial charge in [0.15, 0.2) is 5.11 Å². The molecular weight excluding hydrogens is 288 g/mol. The average molecular weight is 305 g/mol. The zero-order chi connectivity index (χ0) is 14.4. The zero-order valence-corrected chi connectivity index (χ0v) is 12.8. The van der Waals surface area contributed by atoms with Crippen molar-refractivity contribution in [1.82, 2.24) is 5.32 Å². The fourth-order valence-corrected chi connectivity index (χ4v) is 2.18. The first-order chi connectivity index (χ1) is 9.65. The van der Waals surface area contributed by atoms with Crippen molar-refractivity contribution in [2.75, 3.05) is 11.9 Å². The van der Waals surface area contributed by atoms with E-state index in [1.165, 1.54) is 5.56 Å². The van der Waals surface area contributed by atoms with Crippen LogP contribution in [-0.4, -0.2) is 11.7 Å². The molecule has 2 aromatic carbocycles. The number of hydrogen-bond donors (Lipinski definition) is 2. The molecule has 2 nitrogen and oxygen atoms in total. The van der Waals surface area contributed by atoms with Gasteiger partial charge < -0.3 is 10.6 Å². The van der Waals surface area contributed by atoms with Gasteiger partial charge in [0.1, 0.15) is 0 Å². The Hall–Kier alpha value is -1.58. The molecule has 4 heteroatoms. The van der Waals surface area contributed by atoms with Crippen LogP contribution in [0.3, 0.4) is 0 Å². The molecule has 1 atom stereocenters. The van der Waals surface area contributed by atoms with Crippen molar-refractivity contribution in [3.8, 4) is 0 Å². The van der Waals surface area contributed by atoms with E-state index in [4.69, 9.17) is 23.8 Å². The molecule has 0 aliphatic heterocycles. The summed E-state index contributed by atoms with van der Waals surface area (Å²) in [5.41, 5.74) is 2.23. The highest BCUT2D eigenvalue weighted by molar-refractivity contribution is 7.80. The van der Waals surface area contributed by atoms with Crippen LogP contribution in [0, 0.1) is 0 Å². The van der Waals surface area contributed by atoms with Gasteiger partial charge >= 0.3 is 0 Å². The number of hydrogen-bond acceptors (Lipinski definition) is 1. The Morgan fingerprint density at radius 1 is 1.10 bits per heavy atom. The Balaban J connectivity index is 1.82. The predicted octanol–water partition coefficient (Wildman–Crippen LogP) is 4.43. The highest BCUT2D eigenvalue weighted by Gasteiger charge is 2.05. The van der Waals surface area contributed by atoms with Gasteiger partial charge in [-0.15, -0.1) is 0 Å². The number of thiocarbonyl (C=S) groups is 1. The summed E-state index contributed by atoms with van der Waals surface area (Å²) in [7, 11) is 0. The third kappa shape index (κ3) is 4.51. The number of rotatable bonds is 4. The summed E-state index contributed by atoms with van der Waals surface area (Å²) in [6.45, 7) is 2.97. The molecule has 0 fully saturated rings. The van der Waals surface area contributed by atoms with Gasteiger partial charge in [-0.1, -0.05) is 48.9 Å². The molecule has 2 N–H and O–H groups in total. The maximum Gasteiger partial charge on any atom is 0.170 e. The third-order valence-corrected chi connectivity index (χ3v) is 3.54. The molecule has 0 heterocycles. The molecule has 0 aliphatic rings. The second kappa shape index (κ2) is 7.27. The lowest BCUT2D eigenvalue weighted by molar-refractivity contribution is 0.723. The van der Waals surface area contributed by atoms with Gasteiger partial charge in [0, 0.05) is 17.3 Å². The van der Waals surface area contributed by atoms with Gasteiger partial charge in [-0.3, -0.25) is 0 Å². The van der Waals surface area contributed by atoms with Gasteiger partial charge in [-0.2, -0.15) is 0 Å². The Labute approximate surface area is 130 Å². The van der Waals surface area contributed by atoms with Crippen LogP contribution >= 0.6 is 23.8 Å². The van der Waals surface area contributed by atoms with E-state index in [0.29, 0.717) is 16.1 Å². The van der Waals surface area contributed by atoms with Crippen molar-refractivity contribution in [2.24, 2.45) is 0 Å². The van der Waals surface area contributed by atoms with Crippen molar-refractivity contribution in [3.05, 3.63) is 65.2 Å². The Morgan fingerprint density at radius 2 is 1.75 bits per heavy atom. The summed E-state index contributed by atoms with van der Waals surface area (Å²) in [5.74, 6) is 0.404. The van der Waals surface area contributed by atoms with Gasteiger partial charge in [0.2, 0.25) is 0 Å². The lowest BCUT2D eigenvalue weighted by Gasteiger charge is -2.15. The first kappa shape index (κ1) is 14.8. The summed E-state index contributed by atoms with van der Waals surface area (Å²) in [4.78, 5) is 0. The first-order valence-electron chi connectivity index (χ1n) is 6.50. The van der Waals surface area contributed by atoms with Crippen molar-refractivity contribution >= 4 is 34.6 Å². The number of anilines is 1. The molecule has 20 heavy (non-hydrogen) atoms. The summed E-state index contributed by atoms with van der Waals surface area (Å²) in [5, 5.41) is 7.70. The first-order valence-corrected chi connectivity index (χ1v) is 7.29. The molecule has 0 aromatic heterocycles. The molecular formula is C16H17ClN2S. The largest absolute Gasteiger partial charge is 0.362 e. The van der Waals surface area contributed by atoms with E-state index in [1.54, 1.807) is 0 Å². The van der Waals surface area contributed by atoms with Gasteiger partial charge in [-0.05, 0) is 48.0 Å². The maximum atomic E-state index is 5.84. The number of nitrogens with one attached hydrogen (secondary N) is 2. The molecule has 0 amide bonds. The van der Waals surface area contributed by atoms with Crippen molar-refractivity contribution in [3.63, 3.8) is 0 Å². The minimum Gasteiger partial charge on any atom is -0.362 e. The predicted molar refractivity (Wildman–Crippen MR) is 90.5 cm³/mol. The topological polar surface area (TPSA) is 24.1 Å². The minimum absolute atomic E-state index is 0.404. The highest BCUT2D eigenvalue weighted by atomic mass is 35.5. The average Bonchev–Trinajstić information content (AvgIpc) is 2.48. The van der Waals surface area contributed by atoms with Gasteiger partial charge in [0.05, 0.1) is 0 Å². The van der Waals surface area contributed by atoms with E-state index in [1.807, 2.05) is 30.3 Å². The molecule has 2 aromatic rings. The molecule has 0 aliphatic carbocycles. The van der Waals surface area contributed by atoms with Crippen molar-refractivity contribution < 1.29 is 0 Å². The van der Waals surface area contributed by atoms with Crippen LogP contribution in [0.5, 0.6) is 0 Å². The highest BCUT2D eigenvalue weighted by Crippen LogP contribution is 2.14. The molecule has 0 spiro atoms. The van der Waals surface area contributed by atoms with Gasteiger partial charge in [0.25, 0.3) is 0 Å². The van der Waals surface area contributed by atoms with Crippen LogP contribution in [0.1, 0.15) is 18.4 Å². The summed E-state index contributed by atoms with van der Waals surface area (Å²) in [6, 6.07) is 17.8. The van der Waals surface area contributed by atoms with E-state index in [9.17, 15) is 0 Å². The molecule has 0 saturated carbocycles. The van der Waals surface area contributed by atoms with E-state index < -0.39 is 0 Å². The summed E-state index contributed by atoms with van der Waals surface area (Å²) < 4.78 is 0. The second-order valence-electron chi connectivity index (χ2n) is 4.65. The van der Waals surface area contributed by atoms with Gasteiger partial charge in [-0.25, -0.2) is 0 Å². The Morgan fingerprint density at radius 3 is 2.40 bits per heavy atom. The molecule has 2 rings (SSSR count). The van der Waals surface area contributed by atoms with E-state index in [-0.39, 0.29) is 0 Å². The van der Waals surface area contributed by atoms with E-state index >= 15 is 0 Å². The quantitative estimate of drug-likeness (QED) is 0.817. The van der Waals surface area contributed by atoms with Crippen LogP contribution in [0.4, 0.5) is 5.69 Å². The van der Waals surface area contributed by atoms with Crippen LogP contribution in [0.25, 0.3) is 0 Å². The zero-order valence-electron chi connectivity index (χ0n) is 11.3. The summed E-state index contributed by atoms with van der Waals surface area (Å²) in [6.07, 6.45) is 0. The molecule has 0 bridgehead atoms. The van der Waals surface area contributed by atoms with E-state index in [2.05, 4.69) is 41.8 Å². The monoisotopic (exact) mass is 304 g/mol. The van der Waals surface area contributed by atoms with Crippen molar-refractivity contribution in [2.45, 2.75) is 12.8 Å². The van der Waals surface area contributed by atoms with Crippen LogP contribution in [0.15, 0.2) is 54.6 Å². The Bertz CT molecular complexity index is 554. The Kier molecular flexibility index (Phi) is 5.39. The smallest absolute Gasteiger partial charge is 0.170 e. The second-order valence-corrected chi connectivity index (χ2v) is 5.50. The summed E-state index contributed by atoms with van der Waals surface area (Å²) >= 11 is 11.1. The molecule has 0 radical (unpaired) electrons. The molecule has 0 saturated heterocycles. The standard InChI is InChI=1S/C16H17ClN2S/c1-12(13-5-3-2-4-6-13)11-18-16(20)19-15-9-7-14(17)8-10-15/h2-10,12H,11H2,1H3,(H2,18,19,20)/t12-/m0/s1. The van der Waals surface area contributed by atoms with Crippen LogP contribution in [0.2, 0.25) is 5.02 Å². The fraction of sp³-hybridized carbons (Fsp3) is 0.188. The molecule has 104 valence electrons. The maximum absolute atomic E-state index is 5.84. The SMILES string of the molecule is C[C@@H](CNC(=S)Nc1ccc(Cl)cc1)c1ccccc1. The lowest BCUT2D eigenvalue weighted by atomic mass is 10.0. The third-order valence-electron chi connectivity index (χ3n) is 3.04. The van der Waals surface area contributed by atoms with Crippen LogP contribution in [-0.2, 0) is 0 Å².